The second-order valence-corrected chi connectivity index (χ2v) is 15.8. The molecule has 1 unspecified atom stereocenters. The van der Waals surface area contributed by atoms with Crippen molar-refractivity contribution in [2.45, 2.75) is 26.2 Å². The minimum atomic E-state index is 0.330. The molecule has 1 aliphatic heterocycles. The molecule has 0 saturated carbocycles. The predicted molar refractivity (Wildman–Crippen MR) is 245 cm³/mol. The van der Waals surface area contributed by atoms with Crippen LogP contribution in [0.4, 0.5) is 11.4 Å². The molecular weight excluding hydrogens is 701 g/mol. The molecule has 0 amide bonds. The van der Waals surface area contributed by atoms with Crippen molar-refractivity contribution < 1.29 is 0 Å². The lowest BCUT2D eigenvalue weighted by Gasteiger charge is -2.24. The van der Waals surface area contributed by atoms with Gasteiger partial charge in [-0.2, -0.15) is 0 Å². The van der Waals surface area contributed by atoms with Crippen LogP contribution in [-0.2, 0) is 0 Å². The van der Waals surface area contributed by atoms with Crippen LogP contribution in [0.5, 0.6) is 0 Å². The maximum Gasteiger partial charge on any atom is 0.0541 e. The summed E-state index contributed by atoms with van der Waals surface area (Å²) < 4.78 is 2.42. The molecule has 2 nitrogen and oxygen atoms in total. The van der Waals surface area contributed by atoms with Gasteiger partial charge in [-0.05, 0) is 142 Å². The Hall–Kier alpha value is -7.16. The van der Waals surface area contributed by atoms with Crippen molar-refractivity contribution in [1.29, 1.82) is 0 Å². The summed E-state index contributed by atoms with van der Waals surface area (Å²) in [6, 6.07) is 67.0. The summed E-state index contributed by atoms with van der Waals surface area (Å²) in [6.45, 7) is 4.44. The minimum absolute atomic E-state index is 0.330. The van der Waals surface area contributed by atoms with Crippen LogP contribution in [0.25, 0.3) is 72.0 Å². The number of nitrogens with zero attached hydrogens (tertiary/aromatic N) is 2. The van der Waals surface area contributed by atoms with Crippen LogP contribution in [0.2, 0.25) is 0 Å². The molecule has 2 heterocycles. The third-order valence-corrected chi connectivity index (χ3v) is 12.5. The Morgan fingerprint density at radius 3 is 1.95 bits per heavy atom. The van der Waals surface area contributed by atoms with Gasteiger partial charge in [0.1, 0.15) is 0 Å². The molecule has 0 saturated heterocycles. The van der Waals surface area contributed by atoms with Crippen molar-refractivity contribution in [3.63, 3.8) is 0 Å². The smallest absolute Gasteiger partial charge is 0.0541 e. The molecule has 0 bridgehead atoms. The molecule has 1 aromatic heterocycles. The second kappa shape index (κ2) is 13.8. The molecule has 58 heavy (non-hydrogen) atoms. The van der Waals surface area contributed by atoms with Crippen LogP contribution in [0.1, 0.15) is 29.0 Å². The van der Waals surface area contributed by atoms with Gasteiger partial charge in [-0.25, -0.2) is 0 Å². The normalized spacial score (nSPS) is 14.5. The molecule has 276 valence electrons. The summed E-state index contributed by atoms with van der Waals surface area (Å²) in [5, 5.41) is 2.53. The van der Waals surface area contributed by atoms with Crippen LogP contribution < -0.4 is 4.90 Å². The highest BCUT2D eigenvalue weighted by Gasteiger charge is 2.35. The number of allylic oxidation sites excluding steroid dienone is 4. The third-order valence-electron chi connectivity index (χ3n) is 12.5. The van der Waals surface area contributed by atoms with Crippen LogP contribution in [0.15, 0.2) is 206 Å². The highest BCUT2D eigenvalue weighted by Crippen LogP contribution is 2.52. The lowest BCUT2D eigenvalue weighted by atomic mass is 9.90. The van der Waals surface area contributed by atoms with Gasteiger partial charge < -0.3 is 9.47 Å². The predicted octanol–water partition coefficient (Wildman–Crippen LogP) is 15.1. The summed E-state index contributed by atoms with van der Waals surface area (Å²) >= 11 is 0. The van der Waals surface area contributed by atoms with Crippen molar-refractivity contribution in [3.05, 3.63) is 223 Å². The van der Waals surface area contributed by atoms with E-state index < -0.39 is 0 Å². The summed E-state index contributed by atoms with van der Waals surface area (Å²) in [6.07, 6.45) is 7.83. The van der Waals surface area contributed by atoms with Gasteiger partial charge in [0.2, 0.25) is 0 Å². The van der Waals surface area contributed by atoms with E-state index in [0.29, 0.717) is 5.92 Å². The molecule has 2 aliphatic rings. The first kappa shape index (κ1) is 34.1. The first-order valence-corrected chi connectivity index (χ1v) is 20.4. The van der Waals surface area contributed by atoms with Gasteiger partial charge in [0.25, 0.3) is 0 Å². The second-order valence-electron chi connectivity index (χ2n) is 15.8. The van der Waals surface area contributed by atoms with E-state index in [0.717, 1.165) is 12.1 Å². The van der Waals surface area contributed by atoms with E-state index in [9.17, 15) is 0 Å². The van der Waals surface area contributed by atoms with E-state index in [1.165, 1.54) is 100 Å². The third kappa shape index (κ3) is 5.56. The average Bonchev–Trinajstić information content (AvgIpc) is 3.79. The monoisotopic (exact) mass is 742 g/mol. The van der Waals surface area contributed by atoms with Crippen LogP contribution in [0, 0.1) is 13.8 Å². The summed E-state index contributed by atoms with van der Waals surface area (Å²) in [4.78, 5) is 2.46. The van der Waals surface area contributed by atoms with Crippen molar-refractivity contribution >= 4 is 33.2 Å². The maximum atomic E-state index is 2.46. The first-order chi connectivity index (χ1) is 28.6. The van der Waals surface area contributed by atoms with E-state index in [1.54, 1.807) is 0 Å². The van der Waals surface area contributed by atoms with E-state index >= 15 is 0 Å². The first-order valence-electron chi connectivity index (χ1n) is 20.4. The zero-order valence-corrected chi connectivity index (χ0v) is 32.7. The van der Waals surface area contributed by atoms with Gasteiger partial charge in [-0.1, -0.05) is 140 Å². The highest BCUT2D eigenvalue weighted by atomic mass is 15.2. The Morgan fingerprint density at radius 1 is 0.466 bits per heavy atom. The zero-order valence-electron chi connectivity index (χ0n) is 32.7. The Labute approximate surface area is 340 Å². The number of aromatic nitrogens is 1. The molecule has 1 aliphatic carbocycles. The minimum Gasteiger partial charge on any atom is -0.313 e. The molecule has 11 rings (SSSR count). The number of anilines is 2. The van der Waals surface area contributed by atoms with E-state index in [1.807, 2.05) is 0 Å². The van der Waals surface area contributed by atoms with E-state index in [4.69, 9.17) is 0 Å². The largest absolute Gasteiger partial charge is 0.313 e. The summed E-state index contributed by atoms with van der Waals surface area (Å²) in [5.41, 5.74) is 21.4. The van der Waals surface area contributed by atoms with Crippen LogP contribution in [0.3, 0.4) is 0 Å². The maximum absolute atomic E-state index is 2.46. The fourth-order valence-electron chi connectivity index (χ4n) is 9.55. The van der Waals surface area contributed by atoms with Crippen molar-refractivity contribution in [2.24, 2.45) is 0 Å². The topological polar surface area (TPSA) is 8.17 Å². The van der Waals surface area contributed by atoms with E-state index in [-0.39, 0.29) is 0 Å². The number of aryl methyl sites for hydroxylation is 1. The number of benzene rings is 8. The molecule has 0 fully saturated rings. The Morgan fingerprint density at radius 2 is 1.10 bits per heavy atom. The van der Waals surface area contributed by atoms with Crippen molar-refractivity contribution in [2.75, 3.05) is 4.90 Å². The Kier molecular flexibility index (Phi) is 8.11. The van der Waals surface area contributed by atoms with Crippen LogP contribution in [-0.4, -0.2) is 4.57 Å². The molecule has 8 aromatic carbocycles. The number of hydrogen-bond donors (Lipinski definition) is 0. The van der Waals surface area contributed by atoms with Gasteiger partial charge in [0.05, 0.1) is 11.0 Å². The van der Waals surface area contributed by atoms with Crippen molar-refractivity contribution in [1.82, 2.24) is 4.57 Å². The highest BCUT2D eigenvalue weighted by molar-refractivity contribution is 6.10. The van der Waals surface area contributed by atoms with Gasteiger partial charge >= 0.3 is 0 Å². The fraction of sp³-hybridized carbons (Fsp3) is 0.0714. The van der Waals surface area contributed by atoms with E-state index in [2.05, 4.69) is 224 Å². The molecular formula is C56H42N2. The molecule has 2 heteroatoms. The van der Waals surface area contributed by atoms with Gasteiger partial charge in [0.15, 0.2) is 0 Å². The fourth-order valence-corrected chi connectivity index (χ4v) is 9.55. The molecule has 1 atom stereocenters. The molecule has 0 N–H and O–H groups in total. The molecule has 0 spiro atoms. The SMILES string of the molecule is Cc1ccccc1-c1cccc(-c2ccc(-n3c4ccccc4c4cc(-c5ccc6c(c5)C5CC=CC=C5N6c5ccc(-c6ccccc6)cc5)ccc43)cc2)c1C. The van der Waals surface area contributed by atoms with Gasteiger partial charge in [0, 0.05) is 39.4 Å². The molecule has 9 aromatic rings. The number of hydrogen-bond acceptors (Lipinski definition) is 1. The Bertz CT molecular complexity index is 3090. The van der Waals surface area contributed by atoms with Crippen LogP contribution >= 0.6 is 0 Å². The summed E-state index contributed by atoms with van der Waals surface area (Å²) in [5.74, 6) is 0.330. The standard InChI is InChI=1S/C56H42N2/c1-37-13-6-7-16-46(37)48-20-12-19-47(38(48)2)41-25-31-45(32-26-41)58-54-22-11-9-18-50(54)52-36-43(28-34-56(52)58)42-27-33-55-51(35-42)49-17-8-10-21-53(49)57(55)44-29-23-40(24-30-44)39-14-4-3-5-15-39/h3-16,18-36,49H,17H2,1-2H3. The Balaban J connectivity index is 0.951. The van der Waals surface area contributed by atoms with Crippen molar-refractivity contribution in [3.8, 4) is 50.2 Å². The quantitative estimate of drug-likeness (QED) is 0.165. The molecule has 0 radical (unpaired) electrons. The number of rotatable bonds is 6. The number of fused-ring (bicyclic) bond motifs is 6. The van der Waals surface area contributed by atoms with Gasteiger partial charge in [-0.15, -0.1) is 0 Å². The summed E-state index contributed by atoms with van der Waals surface area (Å²) in [7, 11) is 0. The van der Waals surface area contributed by atoms with Gasteiger partial charge in [-0.3, -0.25) is 0 Å². The lowest BCUT2D eigenvalue weighted by molar-refractivity contribution is 0.820. The zero-order chi connectivity index (χ0) is 38.7. The number of para-hydroxylation sites is 1. The lowest BCUT2D eigenvalue weighted by Crippen LogP contribution is -2.14. The average molecular weight is 743 g/mol.